The van der Waals surface area contributed by atoms with Crippen LogP contribution in [0.15, 0.2) is 0 Å². The molecule has 1 fully saturated rings. The van der Waals surface area contributed by atoms with Crippen LogP contribution in [0.25, 0.3) is 0 Å². The van der Waals surface area contributed by atoms with Gasteiger partial charge in [-0.1, -0.05) is 0 Å². The summed E-state index contributed by atoms with van der Waals surface area (Å²) in [6.45, 7) is -2.08. The van der Waals surface area contributed by atoms with Crippen LogP contribution in [0.5, 0.6) is 0 Å². The summed E-state index contributed by atoms with van der Waals surface area (Å²) in [5.74, 6) is -3.24. The zero-order valence-electron chi connectivity index (χ0n) is 7.02. The number of hydrogen-bond donors (Lipinski definition) is 3. The molecule has 0 saturated heterocycles. The van der Waals surface area contributed by atoms with Crippen molar-refractivity contribution in [1.82, 2.24) is 10.6 Å². The Labute approximate surface area is 74.3 Å². The van der Waals surface area contributed by atoms with Crippen LogP contribution in [0.2, 0.25) is 0 Å². The van der Waals surface area contributed by atoms with Crippen LogP contribution < -0.4 is 10.6 Å². The SMILES string of the molecule is O=C(NCC(F)(F)CO)NC1CC1. The molecule has 0 atom stereocenters. The second-order valence-corrected chi connectivity index (χ2v) is 3.12. The highest BCUT2D eigenvalue weighted by Crippen LogP contribution is 2.18. The standard InChI is InChI=1S/C7H12F2N2O2/c8-7(9,4-12)3-10-6(13)11-5-1-2-5/h5,12H,1-4H2,(H2,10,11,13). The van der Waals surface area contributed by atoms with Crippen molar-refractivity contribution in [1.29, 1.82) is 0 Å². The molecular weight excluding hydrogens is 182 g/mol. The predicted octanol–water partition coefficient (Wildman–Crippen LogP) is 0.0756. The molecule has 1 aliphatic carbocycles. The number of hydrogen-bond acceptors (Lipinski definition) is 2. The van der Waals surface area contributed by atoms with E-state index in [1.165, 1.54) is 0 Å². The van der Waals surface area contributed by atoms with Crippen molar-refractivity contribution >= 4 is 6.03 Å². The Hall–Kier alpha value is -0.910. The number of aliphatic hydroxyl groups excluding tert-OH is 1. The van der Waals surface area contributed by atoms with Gasteiger partial charge in [0.2, 0.25) is 0 Å². The number of aliphatic hydroxyl groups is 1. The Bertz CT molecular complexity index is 195. The normalized spacial score (nSPS) is 16.8. The highest BCUT2D eigenvalue weighted by atomic mass is 19.3. The summed E-state index contributed by atoms with van der Waals surface area (Å²) in [6.07, 6.45) is 1.81. The molecule has 1 rings (SSSR count). The van der Waals surface area contributed by atoms with Crippen LogP contribution >= 0.6 is 0 Å². The molecule has 0 bridgehead atoms. The van der Waals surface area contributed by atoms with Crippen molar-refractivity contribution in [2.45, 2.75) is 24.8 Å². The van der Waals surface area contributed by atoms with Crippen molar-refractivity contribution in [2.24, 2.45) is 0 Å². The van der Waals surface area contributed by atoms with Gasteiger partial charge in [0.15, 0.2) is 0 Å². The van der Waals surface area contributed by atoms with Crippen LogP contribution in [0.1, 0.15) is 12.8 Å². The second-order valence-electron chi connectivity index (χ2n) is 3.12. The fourth-order valence-electron chi connectivity index (χ4n) is 0.730. The first kappa shape index (κ1) is 10.2. The van der Waals surface area contributed by atoms with Crippen LogP contribution in [0.4, 0.5) is 13.6 Å². The van der Waals surface area contributed by atoms with E-state index in [-0.39, 0.29) is 6.04 Å². The number of carbonyl (C=O) groups excluding carboxylic acids is 1. The predicted molar refractivity (Wildman–Crippen MR) is 41.6 cm³/mol. The maximum absolute atomic E-state index is 12.4. The first-order valence-corrected chi connectivity index (χ1v) is 4.06. The largest absolute Gasteiger partial charge is 0.390 e. The van der Waals surface area contributed by atoms with Crippen molar-refractivity contribution in [2.75, 3.05) is 13.2 Å². The van der Waals surface area contributed by atoms with Crippen molar-refractivity contribution in [3.63, 3.8) is 0 Å². The molecular formula is C7H12F2N2O2. The fraction of sp³-hybridized carbons (Fsp3) is 0.857. The monoisotopic (exact) mass is 194 g/mol. The Morgan fingerprint density at radius 1 is 1.54 bits per heavy atom. The fourth-order valence-corrected chi connectivity index (χ4v) is 0.730. The number of urea groups is 1. The molecule has 6 heteroatoms. The molecule has 4 nitrogen and oxygen atoms in total. The van der Waals surface area contributed by atoms with Crippen LogP contribution in [0.3, 0.4) is 0 Å². The quantitative estimate of drug-likeness (QED) is 0.593. The minimum atomic E-state index is -3.24. The highest BCUT2D eigenvalue weighted by molar-refractivity contribution is 5.74. The summed E-state index contributed by atoms with van der Waals surface area (Å²) in [5.41, 5.74) is 0. The van der Waals surface area contributed by atoms with E-state index in [1.807, 2.05) is 5.32 Å². The van der Waals surface area contributed by atoms with E-state index in [9.17, 15) is 13.6 Å². The Balaban J connectivity index is 2.13. The molecule has 0 spiro atoms. The van der Waals surface area contributed by atoms with Gasteiger partial charge in [0.1, 0.15) is 6.61 Å². The summed E-state index contributed by atoms with van der Waals surface area (Å²) >= 11 is 0. The van der Waals surface area contributed by atoms with E-state index in [2.05, 4.69) is 5.32 Å². The van der Waals surface area contributed by atoms with Crippen LogP contribution in [-0.2, 0) is 0 Å². The number of nitrogens with one attached hydrogen (secondary N) is 2. The van der Waals surface area contributed by atoms with E-state index in [1.54, 1.807) is 0 Å². The van der Waals surface area contributed by atoms with Gasteiger partial charge < -0.3 is 15.7 Å². The van der Waals surface area contributed by atoms with Gasteiger partial charge >= 0.3 is 6.03 Å². The summed E-state index contributed by atoms with van der Waals surface area (Å²) in [6, 6.07) is -0.460. The molecule has 0 aliphatic heterocycles. The van der Waals surface area contributed by atoms with Gasteiger partial charge in [-0.15, -0.1) is 0 Å². The first-order valence-electron chi connectivity index (χ1n) is 4.06. The van der Waals surface area contributed by atoms with E-state index < -0.39 is 25.1 Å². The molecule has 1 aliphatic rings. The van der Waals surface area contributed by atoms with Crippen LogP contribution in [-0.4, -0.2) is 36.3 Å². The zero-order chi connectivity index (χ0) is 9.90. The summed E-state index contributed by atoms with van der Waals surface area (Å²) in [7, 11) is 0. The topological polar surface area (TPSA) is 61.4 Å². The third kappa shape index (κ3) is 4.02. The maximum atomic E-state index is 12.4. The Morgan fingerprint density at radius 2 is 2.15 bits per heavy atom. The zero-order valence-corrected chi connectivity index (χ0v) is 7.02. The van der Waals surface area contributed by atoms with E-state index in [4.69, 9.17) is 5.11 Å². The number of rotatable bonds is 4. The molecule has 0 aromatic heterocycles. The lowest BCUT2D eigenvalue weighted by Crippen LogP contribution is -2.44. The van der Waals surface area contributed by atoms with Gasteiger partial charge in [0, 0.05) is 6.04 Å². The molecule has 3 N–H and O–H groups in total. The number of halogens is 2. The Morgan fingerprint density at radius 3 is 2.62 bits per heavy atom. The molecule has 0 radical (unpaired) electrons. The third-order valence-corrected chi connectivity index (χ3v) is 1.65. The highest BCUT2D eigenvalue weighted by Gasteiger charge is 2.29. The Kier molecular flexibility index (Phi) is 3.02. The van der Waals surface area contributed by atoms with Gasteiger partial charge in [-0.3, -0.25) is 0 Å². The number of carbonyl (C=O) groups is 1. The molecule has 0 unspecified atom stereocenters. The van der Waals surface area contributed by atoms with Crippen LogP contribution in [0, 0.1) is 0 Å². The number of amides is 2. The van der Waals surface area contributed by atoms with Crippen molar-refractivity contribution < 1.29 is 18.7 Å². The maximum Gasteiger partial charge on any atom is 0.315 e. The third-order valence-electron chi connectivity index (χ3n) is 1.65. The minimum absolute atomic E-state index is 0.141. The average Bonchev–Trinajstić information content (AvgIpc) is 2.85. The van der Waals surface area contributed by atoms with Crippen molar-refractivity contribution in [3.8, 4) is 0 Å². The molecule has 13 heavy (non-hydrogen) atoms. The molecule has 0 aromatic rings. The summed E-state index contributed by atoms with van der Waals surface area (Å²) in [4.78, 5) is 10.8. The lowest BCUT2D eigenvalue weighted by molar-refractivity contribution is -0.0454. The lowest BCUT2D eigenvalue weighted by atomic mass is 10.3. The van der Waals surface area contributed by atoms with E-state index >= 15 is 0 Å². The molecule has 1 saturated carbocycles. The van der Waals surface area contributed by atoms with Gasteiger partial charge in [-0.25, -0.2) is 13.6 Å². The average molecular weight is 194 g/mol. The first-order chi connectivity index (χ1) is 6.03. The summed E-state index contributed by atoms with van der Waals surface area (Å²) in [5, 5.41) is 12.7. The summed E-state index contributed by atoms with van der Waals surface area (Å²) < 4.78 is 24.7. The number of alkyl halides is 2. The van der Waals surface area contributed by atoms with Crippen molar-refractivity contribution in [3.05, 3.63) is 0 Å². The van der Waals surface area contributed by atoms with E-state index in [0.717, 1.165) is 12.8 Å². The van der Waals surface area contributed by atoms with Gasteiger partial charge in [-0.2, -0.15) is 0 Å². The van der Waals surface area contributed by atoms with Gasteiger partial charge in [-0.05, 0) is 12.8 Å². The molecule has 2 amide bonds. The second kappa shape index (κ2) is 3.87. The smallest absolute Gasteiger partial charge is 0.315 e. The lowest BCUT2D eigenvalue weighted by Gasteiger charge is -2.14. The minimum Gasteiger partial charge on any atom is -0.390 e. The molecule has 76 valence electrons. The van der Waals surface area contributed by atoms with Gasteiger partial charge in [0.25, 0.3) is 5.92 Å². The van der Waals surface area contributed by atoms with Gasteiger partial charge in [0.05, 0.1) is 6.54 Å². The van der Waals surface area contributed by atoms with E-state index in [0.29, 0.717) is 0 Å². The molecule has 0 aromatic carbocycles. The molecule has 0 heterocycles.